The van der Waals surface area contributed by atoms with Gasteiger partial charge in [-0.05, 0) is 46.0 Å². The third-order valence-electron chi connectivity index (χ3n) is 4.65. The summed E-state index contributed by atoms with van der Waals surface area (Å²) in [7, 11) is 1.44. The molecule has 0 aromatic heterocycles. The first-order valence-corrected chi connectivity index (χ1v) is 6.89. The number of amides is 1. The van der Waals surface area contributed by atoms with Crippen LogP contribution in [0.3, 0.4) is 0 Å². The van der Waals surface area contributed by atoms with E-state index in [1.807, 2.05) is 4.90 Å². The average molecular weight is 253 g/mol. The minimum Gasteiger partial charge on any atom is -0.469 e. The van der Waals surface area contributed by atoms with E-state index in [1.54, 1.807) is 0 Å². The van der Waals surface area contributed by atoms with E-state index in [-0.39, 0.29) is 23.3 Å². The molecule has 1 amide bonds. The van der Waals surface area contributed by atoms with Gasteiger partial charge in [-0.2, -0.15) is 0 Å². The Bertz CT molecular complexity index is 343. The Labute approximate surface area is 109 Å². The second-order valence-corrected chi connectivity index (χ2v) is 5.92. The number of carbonyl (C=O) groups excluding carboxylic acids is 2. The van der Waals surface area contributed by atoms with Gasteiger partial charge in [0.1, 0.15) is 0 Å². The van der Waals surface area contributed by atoms with Gasteiger partial charge < -0.3 is 9.64 Å². The fourth-order valence-corrected chi connectivity index (χ4v) is 3.38. The van der Waals surface area contributed by atoms with Crippen LogP contribution in [-0.2, 0) is 14.3 Å². The molecule has 1 spiro atoms. The second kappa shape index (κ2) is 4.90. The fraction of sp³-hybridized carbons (Fsp3) is 0.857. The van der Waals surface area contributed by atoms with Crippen LogP contribution in [0.1, 0.15) is 46.0 Å². The number of likely N-dealkylation sites (tertiary alicyclic amines) is 1. The predicted octanol–water partition coefficient (Wildman–Crippen LogP) is 1.98. The summed E-state index contributed by atoms with van der Waals surface area (Å²) in [5.74, 6) is 0.193. The van der Waals surface area contributed by atoms with E-state index in [9.17, 15) is 9.59 Å². The zero-order valence-electron chi connectivity index (χ0n) is 11.6. The molecule has 4 heteroatoms. The molecule has 102 valence electrons. The number of rotatable bonds is 2. The summed E-state index contributed by atoms with van der Waals surface area (Å²) in [5, 5.41) is 0. The molecule has 0 unspecified atom stereocenters. The molecule has 0 aromatic rings. The quantitative estimate of drug-likeness (QED) is 0.707. The molecule has 1 saturated heterocycles. The molecule has 18 heavy (non-hydrogen) atoms. The lowest BCUT2D eigenvalue weighted by Gasteiger charge is -2.35. The van der Waals surface area contributed by atoms with Crippen molar-refractivity contribution in [3.05, 3.63) is 0 Å². The maximum Gasteiger partial charge on any atom is 0.308 e. The molecule has 1 saturated carbocycles. The Morgan fingerprint density at radius 2 is 1.94 bits per heavy atom. The topological polar surface area (TPSA) is 46.6 Å². The fourth-order valence-electron chi connectivity index (χ4n) is 3.38. The van der Waals surface area contributed by atoms with Crippen LogP contribution in [0, 0.1) is 11.3 Å². The van der Waals surface area contributed by atoms with E-state index in [2.05, 4.69) is 13.8 Å². The highest BCUT2D eigenvalue weighted by Crippen LogP contribution is 2.47. The van der Waals surface area contributed by atoms with Crippen molar-refractivity contribution in [3.63, 3.8) is 0 Å². The predicted molar refractivity (Wildman–Crippen MR) is 67.9 cm³/mol. The molecule has 2 fully saturated rings. The van der Waals surface area contributed by atoms with Gasteiger partial charge in [0.05, 0.1) is 18.4 Å². The number of nitrogens with zero attached hydrogens (tertiary/aromatic N) is 1. The Hall–Kier alpha value is -1.06. The molecule has 0 bridgehead atoms. The monoisotopic (exact) mass is 253 g/mol. The number of hydrogen-bond donors (Lipinski definition) is 0. The maximum absolute atomic E-state index is 12.5. The smallest absolute Gasteiger partial charge is 0.308 e. The van der Waals surface area contributed by atoms with Gasteiger partial charge in [0.2, 0.25) is 5.91 Å². The van der Waals surface area contributed by atoms with Gasteiger partial charge in [0, 0.05) is 12.6 Å². The summed E-state index contributed by atoms with van der Waals surface area (Å²) in [5.41, 5.74) is -0.172. The van der Waals surface area contributed by atoms with E-state index in [0.717, 1.165) is 38.6 Å². The van der Waals surface area contributed by atoms with E-state index >= 15 is 0 Å². The number of esters is 1. The molecule has 2 aliphatic rings. The van der Waals surface area contributed by atoms with Crippen molar-refractivity contribution < 1.29 is 14.3 Å². The number of ether oxygens (including phenoxy) is 1. The van der Waals surface area contributed by atoms with Crippen LogP contribution in [0.25, 0.3) is 0 Å². The van der Waals surface area contributed by atoms with E-state index < -0.39 is 0 Å². The Kier molecular flexibility index (Phi) is 3.64. The van der Waals surface area contributed by atoms with Crippen molar-refractivity contribution in [2.24, 2.45) is 11.3 Å². The van der Waals surface area contributed by atoms with Gasteiger partial charge in [-0.3, -0.25) is 9.59 Å². The van der Waals surface area contributed by atoms with Gasteiger partial charge in [0.15, 0.2) is 0 Å². The largest absolute Gasteiger partial charge is 0.469 e. The van der Waals surface area contributed by atoms with Crippen molar-refractivity contribution in [1.82, 2.24) is 4.90 Å². The molecule has 4 nitrogen and oxygen atoms in total. The summed E-state index contributed by atoms with van der Waals surface area (Å²) in [4.78, 5) is 26.0. The number of carbonyl (C=O) groups is 2. The molecule has 1 heterocycles. The SMILES string of the molecule is COC(=O)[C@H]1CC[C@@]2(CCN(C(C)C)C2=O)CC1. The lowest BCUT2D eigenvalue weighted by Crippen LogP contribution is -2.41. The van der Waals surface area contributed by atoms with Gasteiger partial charge in [0.25, 0.3) is 0 Å². The van der Waals surface area contributed by atoms with Crippen LogP contribution in [0.5, 0.6) is 0 Å². The van der Waals surface area contributed by atoms with Crippen LogP contribution in [0.15, 0.2) is 0 Å². The summed E-state index contributed by atoms with van der Waals surface area (Å²) < 4.78 is 4.79. The van der Waals surface area contributed by atoms with Crippen LogP contribution in [0.2, 0.25) is 0 Å². The molecule has 2 rings (SSSR count). The van der Waals surface area contributed by atoms with Crippen LogP contribution in [0.4, 0.5) is 0 Å². The van der Waals surface area contributed by atoms with E-state index in [4.69, 9.17) is 4.74 Å². The first-order valence-electron chi connectivity index (χ1n) is 6.89. The van der Waals surface area contributed by atoms with Crippen molar-refractivity contribution in [3.8, 4) is 0 Å². The van der Waals surface area contributed by atoms with Gasteiger partial charge in [-0.1, -0.05) is 0 Å². The third-order valence-corrected chi connectivity index (χ3v) is 4.65. The van der Waals surface area contributed by atoms with Crippen molar-refractivity contribution >= 4 is 11.9 Å². The standard InChI is InChI=1S/C14H23NO3/c1-10(2)15-9-8-14(13(15)17)6-4-11(5-7-14)12(16)18-3/h10-11H,4-9H2,1-3H3/t11-,14-. The third kappa shape index (κ3) is 2.13. The van der Waals surface area contributed by atoms with Crippen LogP contribution in [-0.4, -0.2) is 36.5 Å². The molecule has 0 atom stereocenters. The summed E-state index contributed by atoms with van der Waals surface area (Å²) in [6, 6.07) is 0.287. The molecule has 1 aliphatic heterocycles. The van der Waals surface area contributed by atoms with Gasteiger partial charge in [-0.25, -0.2) is 0 Å². The van der Waals surface area contributed by atoms with Gasteiger partial charge >= 0.3 is 5.97 Å². The summed E-state index contributed by atoms with van der Waals surface area (Å²) in [6.07, 6.45) is 4.23. The first kappa shape index (κ1) is 13.4. The molecular weight excluding hydrogens is 230 g/mol. The number of hydrogen-bond acceptors (Lipinski definition) is 3. The summed E-state index contributed by atoms with van der Waals surface area (Å²) in [6.45, 7) is 5.01. The molecular formula is C14H23NO3. The van der Waals surface area contributed by atoms with Crippen molar-refractivity contribution in [1.29, 1.82) is 0 Å². The zero-order valence-corrected chi connectivity index (χ0v) is 11.6. The minimum atomic E-state index is -0.172. The normalized spacial score (nSPS) is 32.3. The lowest BCUT2D eigenvalue weighted by atomic mass is 9.69. The Morgan fingerprint density at radius 3 is 2.39 bits per heavy atom. The van der Waals surface area contributed by atoms with Crippen molar-refractivity contribution in [2.45, 2.75) is 52.0 Å². The zero-order chi connectivity index (χ0) is 13.3. The Balaban J connectivity index is 2.01. The highest BCUT2D eigenvalue weighted by molar-refractivity contribution is 5.85. The lowest BCUT2D eigenvalue weighted by molar-refractivity contribution is -0.150. The molecule has 0 aromatic carbocycles. The second-order valence-electron chi connectivity index (χ2n) is 5.92. The Morgan fingerprint density at radius 1 is 1.33 bits per heavy atom. The highest BCUT2D eigenvalue weighted by atomic mass is 16.5. The van der Waals surface area contributed by atoms with E-state index in [0.29, 0.717) is 5.91 Å². The highest BCUT2D eigenvalue weighted by Gasteiger charge is 2.49. The van der Waals surface area contributed by atoms with Crippen LogP contribution >= 0.6 is 0 Å². The minimum absolute atomic E-state index is 0.00141. The molecule has 1 aliphatic carbocycles. The average Bonchev–Trinajstić information content (AvgIpc) is 2.67. The maximum atomic E-state index is 12.5. The molecule has 0 N–H and O–H groups in total. The number of methoxy groups -OCH3 is 1. The first-order chi connectivity index (χ1) is 8.50. The van der Waals surface area contributed by atoms with Gasteiger partial charge in [-0.15, -0.1) is 0 Å². The van der Waals surface area contributed by atoms with E-state index in [1.165, 1.54) is 7.11 Å². The molecule has 0 radical (unpaired) electrons. The summed E-state index contributed by atoms with van der Waals surface area (Å²) >= 11 is 0. The van der Waals surface area contributed by atoms with Crippen LogP contribution < -0.4 is 0 Å². The van der Waals surface area contributed by atoms with Crippen molar-refractivity contribution in [2.75, 3.05) is 13.7 Å².